The van der Waals surface area contributed by atoms with E-state index >= 15 is 0 Å². The number of nitrogens with zero attached hydrogens (tertiary/aromatic N) is 4. The Morgan fingerprint density at radius 1 is 1.50 bits per heavy atom. The van der Waals surface area contributed by atoms with E-state index < -0.39 is 5.97 Å². The van der Waals surface area contributed by atoms with Crippen LogP contribution in [-0.4, -0.2) is 32.8 Å². The Kier molecular flexibility index (Phi) is 4.09. The van der Waals surface area contributed by atoms with Crippen LogP contribution in [0.2, 0.25) is 0 Å². The van der Waals surface area contributed by atoms with Gasteiger partial charge >= 0.3 is 5.97 Å². The van der Waals surface area contributed by atoms with Crippen LogP contribution in [0.15, 0.2) is 24.5 Å². The number of rotatable bonds is 4. The van der Waals surface area contributed by atoms with E-state index in [1.54, 1.807) is 19.1 Å². The number of ether oxygens (including phenoxy) is 1. The van der Waals surface area contributed by atoms with Crippen molar-refractivity contribution in [1.29, 1.82) is 0 Å². The molecule has 20 heavy (non-hydrogen) atoms. The molecule has 0 saturated carbocycles. The molecule has 0 aliphatic carbocycles. The molecule has 0 radical (unpaired) electrons. The molecular weight excluding hydrogens is 258 g/mol. The van der Waals surface area contributed by atoms with Crippen molar-refractivity contribution >= 4 is 17.7 Å². The van der Waals surface area contributed by atoms with Gasteiger partial charge < -0.3 is 10.5 Å². The number of anilines is 1. The number of nitrogen functional groups attached to an aromatic ring is 1. The fraction of sp³-hybridized carbons (Fsp3) is 0.231. The number of hydrogen-bond donors (Lipinski definition) is 1. The van der Waals surface area contributed by atoms with Crippen LogP contribution in [-0.2, 0) is 9.53 Å². The zero-order valence-corrected chi connectivity index (χ0v) is 11.3. The summed E-state index contributed by atoms with van der Waals surface area (Å²) in [6.07, 6.45) is 4.30. The molecule has 1 aromatic heterocycles. The molecule has 0 aliphatic heterocycles. The van der Waals surface area contributed by atoms with Gasteiger partial charge in [0.05, 0.1) is 12.3 Å². The topological polar surface area (TPSA) is 95.9 Å². The summed E-state index contributed by atoms with van der Waals surface area (Å²) in [6, 6.07) is 3.62. The first-order valence-corrected chi connectivity index (χ1v) is 6.10. The normalized spacial score (nSPS) is 10.9. The fourth-order valence-corrected chi connectivity index (χ4v) is 1.69. The maximum Gasteiger partial charge on any atom is 0.330 e. The Bertz CT molecular complexity index is 634. The zero-order chi connectivity index (χ0) is 14.5. The molecule has 1 heterocycles. The van der Waals surface area contributed by atoms with Crippen LogP contribution >= 0.6 is 0 Å². The van der Waals surface area contributed by atoms with Crippen molar-refractivity contribution in [1.82, 2.24) is 20.2 Å². The van der Waals surface area contributed by atoms with E-state index in [1.807, 2.05) is 13.0 Å². The molecule has 7 heteroatoms. The van der Waals surface area contributed by atoms with Crippen LogP contribution in [0.1, 0.15) is 18.1 Å². The van der Waals surface area contributed by atoms with Gasteiger partial charge in [0.1, 0.15) is 0 Å². The van der Waals surface area contributed by atoms with Gasteiger partial charge in [-0.3, -0.25) is 0 Å². The van der Waals surface area contributed by atoms with E-state index in [4.69, 9.17) is 10.5 Å². The third-order valence-corrected chi connectivity index (χ3v) is 2.67. The predicted octanol–water partition coefficient (Wildman–Crippen LogP) is 1.13. The number of nitrogens with two attached hydrogens (primary N) is 1. The lowest BCUT2D eigenvalue weighted by Gasteiger charge is -2.08. The monoisotopic (exact) mass is 273 g/mol. The first-order chi connectivity index (χ1) is 9.61. The Hall–Kier alpha value is -2.70. The van der Waals surface area contributed by atoms with E-state index in [1.165, 1.54) is 17.2 Å². The van der Waals surface area contributed by atoms with Crippen molar-refractivity contribution in [3.63, 3.8) is 0 Å². The molecule has 0 fully saturated rings. The number of carbonyl (C=O) groups is 1. The summed E-state index contributed by atoms with van der Waals surface area (Å²) in [7, 11) is 0. The average Bonchev–Trinajstić information content (AvgIpc) is 2.94. The predicted molar refractivity (Wildman–Crippen MR) is 74.0 cm³/mol. The van der Waals surface area contributed by atoms with Gasteiger partial charge in [-0.05, 0) is 42.8 Å². The molecule has 0 aliphatic rings. The number of aryl methyl sites for hydroxylation is 1. The van der Waals surface area contributed by atoms with Gasteiger partial charge in [-0.1, -0.05) is 0 Å². The van der Waals surface area contributed by atoms with Crippen LogP contribution in [0, 0.1) is 6.92 Å². The van der Waals surface area contributed by atoms with E-state index in [2.05, 4.69) is 15.4 Å². The third-order valence-electron chi connectivity index (χ3n) is 2.67. The highest BCUT2D eigenvalue weighted by atomic mass is 16.5. The SMILES string of the molecule is CCOC(=O)/C=C/c1cc(-n2ncnn2)cc(C)c1N. The van der Waals surface area contributed by atoms with Crippen LogP contribution < -0.4 is 5.73 Å². The van der Waals surface area contributed by atoms with Crippen molar-refractivity contribution in [2.75, 3.05) is 12.3 Å². The molecule has 104 valence electrons. The summed E-state index contributed by atoms with van der Waals surface area (Å²) >= 11 is 0. The van der Waals surface area contributed by atoms with Gasteiger partial charge in [-0.15, -0.1) is 15.0 Å². The molecule has 2 rings (SSSR count). The lowest BCUT2D eigenvalue weighted by atomic mass is 10.1. The summed E-state index contributed by atoms with van der Waals surface area (Å²) in [5, 5.41) is 11.4. The molecule has 0 unspecified atom stereocenters. The molecule has 0 spiro atoms. The maximum absolute atomic E-state index is 11.3. The lowest BCUT2D eigenvalue weighted by molar-refractivity contribution is -0.137. The molecule has 0 atom stereocenters. The molecule has 0 bridgehead atoms. The Morgan fingerprint density at radius 3 is 2.95 bits per heavy atom. The number of tetrazole rings is 1. The average molecular weight is 273 g/mol. The van der Waals surface area contributed by atoms with Crippen LogP contribution in [0.5, 0.6) is 0 Å². The standard InChI is InChI=1S/C13H15N5O2/c1-3-20-12(19)5-4-10-7-11(6-9(2)13(10)14)18-16-8-15-17-18/h4-8H,3,14H2,1-2H3/b5-4+. The highest BCUT2D eigenvalue weighted by Gasteiger charge is 2.07. The molecule has 2 aromatic rings. The first-order valence-electron chi connectivity index (χ1n) is 6.10. The van der Waals surface area contributed by atoms with Gasteiger partial charge in [-0.25, -0.2) is 4.79 Å². The largest absolute Gasteiger partial charge is 0.463 e. The van der Waals surface area contributed by atoms with Gasteiger partial charge in [0, 0.05) is 17.3 Å². The minimum atomic E-state index is -0.408. The number of hydrogen-bond acceptors (Lipinski definition) is 6. The summed E-state index contributed by atoms with van der Waals surface area (Å²) in [5.41, 5.74) is 8.87. The molecule has 2 N–H and O–H groups in total. The minimum absolute atomic E-state index is 0.334. The second-order valence-corrected chi connectivity index (χ2v) is 4.08. The van der Waals surface area contributed by atoms with Crippen molar-refractivity contribution in [3.8, 4) is 5.69 Å². The summed E-state index contributed by atoms with van der Waals surface area (Å²) in [4.78, 5) is 12.7. The summed E-state index contributed by atoms with van der Waals surface area (Å²) in [6.45, 7) is 3.96. The number of carbonyl (C=O) groups excluding carboxylic acids is 1. The minimum Gasteiger partial charge on any atom is -0.463 e. The maximum atomic E-state index is 11.3. The Balaban J connectivity index is 2.35. The van der Waals surface area contributed by atoms with E-state index in [9.17, 15) is 4.79 Å². The second-order valence-electron chi connectivity index (χ2n) is 4.08. The first kappa shape index (κ1) is 13.7. The second kappa shape index (κ2) is 5.96. The third kappa shape index (κ3) is 3.00. The van der Waals surface area contributed by atoms with Crippen molar-refractivity contribution in [2.45, 2.75) is 13.8 Å². The van der Waals surface area contributed by atoms with Gasteiger partial charge in [0.2, 0.25) is 0 Å². The highest BCUT2D eigenvalue weighted by molar-refractivity contribution is 5.88. The van der Waals surface area contributed by atoms with E-state index in [0.29, 0.717) is 17.9 Å². The van der Waals surface area contributed by atoms with E-state index in [-0.39, 0.29) is 0 Å². The quantitative estimate of drug-likeness (QED) is 0.509. The number of aromatic nitrogens is 4. The summed E-state index contributed by atoms with van der Waals surface area (Å²) in [5.74, 6) is -0.408. The van der Waals surface area contributed by atoms with Gasteiger partial charge in [-0.2, -0.15) is 0 Å². The Morgan fingerprint density at radius 2 is 2.30 bits per heavy atom. The molecule has 0 amide bonds. The van der Waals surface area contributed by atoms with Crippen LogP contribution in [0.25, 0.3) is 11.8 Å². The van der Waals surface area contributed by atoms with Crippen molar-refractivity contribution in [3.05, 3.63) is 35.7 Å². The smallest absolute Gasteiger partial charge is 0.330 e. The van der Waals surface area contributed by atoms with Crippen LogP contribution in [0.3, 0.4) is 0 Å². The van der Waals surface area contributed by atoms with Gasteiger partial charge in [0.15, 0.2) is 6.33 Å². The van der Waals surface area contributed by atoms with Gasteiger partial charge in [0.25, 0.3) is 0 Å². The number of benzene rings is 1. The molecule has 1 aromatic carbocycles. The van der Waals surface area contributed by atoms with E-state index in [0.717, 1.165) is 11.3 Å². The zero-order valence-electron chi connectivity index (χ0n) is 11.3. The van der Waals surface area contributed by atoms with Crippen molar-refractivity contribution < 1.29 is 9.53 Å². The summed E-state index contributed by atoms with van der Waals surface area (Å²) < 4.78 is 4.83. The Labute approximate surface area is 116 Å². The lowest BCUT2D eigenvalue weighted by Crippen LogP contribution is -2.03. The van der Waals surface area contributed by atoms with Crippen molar-refractivity contribution in [2.24, 2.45) is 0 Å². The molecule has 0 saturated heterocycles. The highest BCUT2D eigenvalue weighted by Crippen LogP contribution is 2.22. The molecular formula is C13H15N5O2. The number of esters is 1. The van der Waals surface area contributed by atoms with Crippen LogP contribution in [0.4, 0.5) is 5.69 Å². The molecule has 7 nitrogen and oxygen atoms in total. The fourth-order valence-electron chi connectivity index (χ4n) is 1.69.